The van der Waals surface area contributed by atoms with Gasteiger partial charge in [-0.05, 0) is 24.8 Å². The van der Waals surface area contributed by atoms with Crippen LogP contribution in [0.2, 0.25) is 0 Å². The van der Waals surface area contributed by atoms with E-state index in [-0.39, 0.29) is 24.6 Å². The van der Waals surface area contributed by atoms with E-state index in [0.717, 1.165) is 18.4 Å². The largest absolute Gasteiger partial charge is 0.396 e. The minimum atomic E-state index is -0.375. The molecular weight excluding hydrogens is 228 g/mol. The summed E-state index contributed by atoms with van der Waals surface area (Å²) in [7, 11) is 0. The molecule has 3 nitrogen and oxygen atoms in total. The van der Waals surface area contributed by atoms with E-state index < -0.39 is 0 Å². The Bertz CT molecular complexity index is 384. The SMILES string of the molecule is OCCC1OC2(CCCC2)O[C@@H]1c1ccccc1. The van der Waals surface area contributed by atoms with E-state index in [9.17, 15) is 5.11 Å². The molecule has 1 unspecified atom stereocenters. The fourth-order valence-electron chi connectivity index (χ4n) is 3.09. The second-order valence-corrected chi connectivity index (χ2v) is 5.24. The fraction of sp³-hybridized carbons (Fsp3) is 0.600. The van der Waals surface area contributed by atoms with Crippen LogP contribution >= 0.6 is 0 Å². The van der Waals surface area contributed by atoms with E-state index >= 15 is 0 Å². The molecule has 1 heterocycles. The highest BCUT2D eigenvalue weighted by molar-refractivity contribution is 5.20. The van der Waals surface area contributed by atoms with Gasteiger partial charge in [0.1, 0.15) is 6.10 Å². The lowest BCUT2D eigenvalue weighted by molar-refractivity contribution is -0.170. The van der Waals surface area contributed by atoms with Crippen LogP contribution < -0.4 is 0 Å². The summed E-state index contributed by atoms with van der Waals surface area (Å²) in [5, 5.41) is 9.19. The maximum absolute atomic E-state index is 9.19. The van der Waals surface area contributed by atoms with Crippen LogP contribution in [-0.4, -0.2) is 23.6 Å². The van der Waals surface area contributed by atoms with Gasteiger partial charge in [-0.15, -0.1) is 0 Å². The zero-order valence-corrected chi connectivity index (χ0v) is 10.5. The number of hydrogen-bond acceptors (Lipinski definition) is 3. The van der Waals surface area contributed by atoms with Gasteiger partial charge in [0.25, 0.3) is 0 Å². The average Bonchev–Trinajstić information content (AvgIpc) is 3.00. The van der Waals surface area contributed by atoms with E-state index in [2.05, 4.69) is 12.1 Å². The van der Waals surface area contributed by atoms with Crippen LogP contribution in [0.3, 0.4) is 0 Å². The molecule has 3 rings (SSSR count). The summed E-state index contributed by atoms with van der Waals surface area (Å²) in [6.45, 7) is 0.146. The minimum Gasteiger partial charge on any atom is -0.396 e. The lowest BCUT2D eigenvalue weighted by Gasteiger charge is -2.22. The Balaban J connectivity index is 1.83. The maximum atomic E-state index is 9.19. The van der Waals surface area contributed by atoms with Gasteiger partial charge in [0, 0.05) is 19.4 Å². The predicted octanol–water partition coefficient (Wildman–Crippen LogP) is 2.80. The first-order valence-electron chi connectivity index (χ1n) is 6.84. The van der Waals surface area contributed by atoms with Crippen LogP contribution in [-0.2, 0) is 9.47 Å². The van der Waals surface area contributed by atoms with Crippen molar-refractivity contribution in [2.45, 2.75) is 50.1 Å². The molecule has 1 aliphatic carbocycles. The summed E-state index contributed by atoms with van der Waals surface area (Å²) < 4.78 is 12.4. The van der Waals surface area contributed by atoms with Crippen LogP contribution in [0.5, 0.6) is 0 Å². The predicted molar refractivity (Wildman–Crippen MR) is 68.0 cm³/mol. The fourth-order valence-corrected chi connectivity index (χ4v) is 3.09. The highest BCUT2D eigenvalue weighted by Crippen LogP contribution is 2.47. The highest BCUT2D eigenvalue weighted by atomic mass is 16.8. The third-order valence-corrected chi connectivity index (χ3v) is 3.95. The highest BCUT2D eigenvalue weighted by Gasteiger charge is 2.49. The summed E-state index contributed by atoms with van der Waals surface area (Å²) in [5.74, 6) is -0.375. The van der Waals surface area contributed by atoms with Crippen molar-refractivity contribution >= 4 is 0 Å². The number of aliphatic hydroxyl groups excluding tert-OH is 1. The molecule has 1 aromatic rings. The lowest BCUT2D eigenvalue weighted by atomic mass is 10.0. The van der Waals surface area contributed by atoms with Crippen molar-refractivity contribution in [1.82, 2.24) is 0 Å². The molecule has 2 fully saturated rings. The molecule has 2 aliphatic rings. The van der Waals surface area contributed by atoms with Gasteiger partial charge in [0.2, 0.25) is 0 Å². The van der Waals surface area contributed by atoms with Crippen molar-refractivity contribution in [1.29, 1.82) is 0 Å². The van der Waals surface area contributed by atoms with Gasteiger partial charge < -0.3 is 14.6 Å². The van der Waals surface area contributed by atoms with E-state index in [4.69, 9.17) is 9.47 Å². The Morgan fingerprint density at radius 3 is 2.50 bits per heavy atom. The Labute approximate surface area is 108 Å². The molecule has 1 saturated carbocycles. The van der Waals surface area contributed by atoms with Crippen LogP contribution in [0, 0.1) is 0 Å². The van der Waals surface area contributed by atoms with Crippen molar-refractivity contribution in [2.75, 3.05) is 6.61 Å². The monoisotopic (exact) mass is 248 g/mol. The van der Waals surface area contributed by atoms with Crippen molar-refractivity contribution in [3.63, 3.8) is 0 Å². The second kappa shape index (κ2) is 5.00. The van der Waals surface area contributed by atoms with Gasteiger partial charge in [0.05, 0.1) is 6.10 Å². The smallest absolute Gasteiger partial charge is 0.169 e. The number of ether oxygens (including phenoxy) is 2. The van der Waals surface area contributed by atoms with Crippen LogP contribution in [0.25, 0.3) is 0 Å². The molecular formula is C15H20O3. The quantitative estimate of drug-likeness (QED) is 0.894. The molecule has 1 aromatic carbocycles. The Hall–Kier alpha value is -0.900. The molecule has 18 heavy (non-hydrogen) atoms. The van der Waals surface area contributed by atoms with Crippen LogP contribution in [0.15, 0.2) is 30.3 Å². The molecule has 0 radical (unpaired) electrons. The number of benzene rings is 1. The first-order valence-corrected chi connectivity index (χ1v) is 6.84. The van der Waals surface area contributed by atoms with E-state index in [1.165, 1.54) is 12.8 Å². The van der Waals surface area contributed by atoms with E-state index in [0.29, 0.717) is 6.42 Å². The molecule has 3 heteroatoms. The first kappa shape index (κ1) is 12.2. The maximum Gasteiger partial charge on any atom is 0.169 e. The van der Waals surface area contributed by atoms with Crippen LogP contribution in [0.1, 0.15) is 43.8 Å². The number of hydrogen-bond donors (Lipinski definition) is 1. The van der Waals surface area contributed by atoms with Gasteiger partial charge in [-0.25, -0.2) is 0 Å². The van der Waals surface area contributed by atoms with Gasteiger partial charge in [-0.1, -0.05) is 30.3 Å². The summed E-state index contributed by atoms with van der Waals surface area (Å²) in [6, 6.07) is 10.2. The van der Waals surface area contributed by atoms with Crippen molar-refractivity contribution in [3.05, 3.63) is 35.9 Å². The molecule has 1 aliphatic heterocycles. The van der Waals surface area contributed by atoms with E-state index in [1.54, 1.807) is 0 Å². The molecule has 1 N–H and O–H groups in total. The minimum absolute atomic E-state index is 0.0181. The molecule has 2 atom stereocenters. The summed E-state index contributed by atoms with van der Waals surface area (Å²) in [5.41, 5.74) is 1.15. The second-order valence-electron chi connectivity index (χ2n) is 5.24. The molecule has 1 saturated heterocycles. The summed E-state index contributed by atoms with van der Waals surface area (Å²) in [6.07, 6.45) is 4.91. The Kier molecular flexibility index (Phi) is 3.37. The molecule has 1 spiro atoms. The molecule has 0 aromatic heterocycles. The zero-order valence-electron chi connectivity index (χ0n) is 10.5. The van der Waals surface area contributed by atoms with Gasteiger partial charge >= 0.3 is 0 Å². The third-order valence-electron chi connectivity index (χ3n) is 3.95. The van der Waals surface area contributed by atoms with Gasteiger partial charge in [0.15, 0.2) is 5.79 Å². The first-order chi connectivity index (χ1) is 8.83. The van der Waals surface area contributed by atoms with Gasteiger partial charge in [-0.3, -0.25) is 0 Å². The topological polar surface area (TPSA) is 38.7 Å². The number of aliphatic hydroxyl groups is 1. The van der Waals surface area contributed by atoms with Crippen molar-refractivity contribution in [3.8, 4) is 0 Å². The normalized spacial score (nSPS) is 30.1. The molecule has 98 valence electrons. The molecule has 0 amide bonds. The average molecular weight is 248 g/mol. The number of rotatable bonds is 3. The zero-order chi connectivity index (χ0) is 12.4. The van der Waals surface area contributed by atoms with E-state index in [1.807, 2.05) is 18.2 Å². The van der Waals surface area contributed by atoms with Crippen molar-refractivity contribution in [2.24, 2.45) is 0 Å². The summed E-state index contributed by atoms with van der Waals surface area (Å²) in [4.78, 5) is 0. The Morgan fingerprint density at radius 2 is 1.83 bits per heavy atom. The Morgan fingerprint density at radius 1 is 1.11 bits per heavy atom. The lowest BCUT2D eigenvalue weighted by Crippen LogP contribution is -2.26. The third kappa shape index (κ3) is 2.18. The van der Waals surface area contributed by atoms with Crippen LogP contribution in [0.4, 0.5) is 0 Å². The molecule has 0 bridgehead atoms. The standard InChI is InChI=1S/C15H20O3/c16-11-8-13-14(12-6-2-1-3-7-12)18-15(17-13)9-4-5-10-15/h1-3,6-7,13-14,16H,4-5,8-11H2/t13?,14-/m1/s1. The summed E-state index contributed by atoms with van der Waals surface area (Å²) >= 11 is 0. The van der Waals surface area contributed by atoms with Crippen molar-refractivity contribution < 1.29 is 14.6 Å². The van der Waals surface area contributed by atoms with Gasteiger partial charge in [-0.2, -0.15) is 0 Å².